The molecule has 0 atom stereocenters. The molecule has 1 aromatic carbocycles. The summed E-state index contributed by atoms with van der Waals surface area (Å²) in [6, 6.07) is 9.50. The zero-order chi connectivity index (χ0) is 18.1. The Hall–Kier alpha value is -1.24. The fourth-order valence-electron chi connectivity index (χ4n) is 3.34. The van der Waals surface area contributed by atoms with E-state index < -0.39 is 10.0 Å². The number of carbonyl (C=O) groups is 1. The van der Waals surface area contributed by atoms with Crippen LogP contribution in [0.15, 0.2) is 30.3 Å². The number of hydrogen-bond acceptors (Lipinski definition) is 4. The van der Waals surface area contributed by atoms with Crippen molar-refractivity contribution in [3.05, 3.63) is 35.9 Å². The molecular formula is C19H30N2O3S. The average Bonchev–Trinajstić information content (AvgIpc) is 2.59. The van der Waals surface area contributed by atoms with Gasteiger partial charge in [0, 0.05) is 18.5 Å². The summed E-state index contributed by atoms with van der Waals surface area (Å²) >= 11 is 0. The van der Waals surface area contributed by atoms with Gasteiger partial charge in [-0.3, -0.25) is 4.79 Å². The lowest BCUT2D eigenvalue weighted by atomic mass is 9.93. The highest BCUT2D eigenvalue weighted by Crippen LogP contribution is 2.20. The van der Waals surface area contributed by atoms with E-state index in [0.717, 1.165) is 57.3 Å². The predicted molar refractivity (Wildman–Crippen MR) is 101 cm³/mol. The summed E-state index contributed by atoms with van der Waals surface area (Å²) in [5, 5.41) is 0. The third-order valence-corrected chi connectivity index (χ3v) is 5.58. The fraction of sp³-hybridized carbons (Fsp3) is 0.632. The van der Waals surface area contributed by atoms with Crippen LogP contribution >= 0.6 is 0 Å². The quantitative estimate of drug-likeness (QED) is 0.511. The molecule has 0 radical (unpaired) electrons. The number of benzene rings is 1. The molecule has 1 fully saturated rings. The minimum atomic E-state index is -3.07. The van der Waals surface area contributed by atoms with E-state index in [1.807, 2.05) is 30.3 Å². The Labute approximate surface area is 151 Å². The largest absolute Gasteiger partial charge is 0.303 e. The van der Waals surface area contributed by atoms with Gasteiger partial charge in [-0.2, -0.15) is 0 Å². The van der Waals surface area contributed by atoms with Crippen molar-refractivity contribution in [2.24, 2.45) is 5.92 Å². The summed E-state index contributed by atoms with van der Waals surface area (Å²) in [5.41, 5.74) is 0.811. The second-order valence-corrected chi connectivity index (χ2v) is 8.82. The molecule has 1 aliphatic heterocycles. The zero-order valence-corrected chi connectivity index (χ0v) is 15.9. The molecular weight excluding hydrogens is 336 g/mol. The van der Waals surface area contributed by atoms with E-state index in [0.29, 0.717) is 18.9 Å². The summed E-state index contributed by atoms with van der Waals surface area (Å²) in [7, 11) is -3.07. The van der Waals surface area contributed by atoms with Gasteiger partial charge in [-0.05, 0) is 57.7 Å². The molecule has 5 nitrogen and oxygen atoms in total. The highest BCUT2D eigenvalue weighted by molar-refractivity contribution is 7.88. The first-order valence-corrected chi connectivity index (χ1v) is 11.1. The molecule has 1 aliphatic rings. The number of unbranched alkanes of at least 4 members (excludes halogenated alkanes) is 1. The van der Waals surface area contributed by atoms with Crippen LogP contribution < -0.4 is 4.72 Å². The minimum absolute atomic E-state index is 0.234. The van der Waals surface area contributed by atoms with E-state index >= 15 is 0 Å². The van der Waals surface area contributed by atoms with Gasteiger partial charge in [-0.15, -0.1) is 0 Å². The number of sulfonamides is 1. The standard InChI is InChI=1S/C19H30N2O3S/c1-25(23,24)20-13-10-17-11-15-21(16-12-17)14-6-5-9-19(22)18-7-3-2-4-8-18/h2-4,7-8,17,20H,5-6,9-16H2,1H3. The van der Waals surface area contributed by atoms with Crippen LogP contribution in [0.4, 0.5) is 0 Å². The van der Waals surface area contributed by atoms with E-state index in [1.165, 1.54) is 6.26 Å². The summed E-state index contributed by atoms with van der Waals surface area (Å²) < 4.78 is 24.7. The van der Waals surface area contributed by atoms with Crippen LogP contribution in [0, 0.1) is 5.92 Å². The molecule has 0 saturated carbocycles. The number of Topliss-reactive ketones (excluding diaryl/α,β-unsaturated/α-hetero) is 1. The van der Waals surface area contributed by atoms with Crippen molar-refractivity contribution in [1.82, 2.24) is 9.62 Å². The van der Waals surface area contributed by atoms with Crippen LogP contribution in [-0.2, 0) is 10.0 Å². The first-order valence-electron chi connectivity index (χ1n) is 9.19. The average molecular weight is 367 g/mol. The Morgan fingerprint density at radius 3 is 2.48 bits per heavy atom. The zero-order valence-electron chi connectivity index (χ0n) is 15.1. The lowest BCUT2D eigenvalue weighted by Gasteiger charge is -2.32. The maximum atomic E-state index is 12.0. The van der Waals surface area contributed by atoms with Crippen molar-refractivity contribution >= 4 is 15.8 Å². The monoisotopic (exact) mass is 366 g/mol. The van der Waals surface area contributed by atoms with Crippen LogP contribution in [0.3, 0.4) is 0 Å². The second kappa shape index (κ2) is 10.0. The number of ketones is 1. The van der Waals surface area contributed by atoms with Gasteiger partial charge in [-0.25, -0.2) is 13.1 Å². The summed E-state index contributed by atoms with van der Waals surface area (Å²) in [6.07, 6.45) is 7.01. The molecule has 0 unspecified atom stereocenters. The summed E-state index contributed by atoms with van der Waals surface area (Å²) in [4.78, 5) is 14.5. The normalized spacial score (nSPS) is 16.8. The number of hydrogen-bond donors (Lipinski definition) is 1. The van der Waals surface area contributed by atoms with E-state index in [9.17, 15) is 13.2 Å². The van der Waals surface area contributed by atoms with Crippen LogP contribution in [0.25, 0.3) is 0 Å². The molecule has 1 heterocycles. The Morgan fingerprint density at radius 1 is 1.16 bits per heavy atom. The van der Waals surface area contributed by atoms with Crippen LogP contribution in [0.5, 0.6) is 0 Å². The molecule has 0 spiro atoms. The number of likely N-dealkylation sites (tertiary alicyclic amines) is 1. The van der Waals surface area contributed by atoms with Crippen molar-refractivity contribution in [3.8, 4) is 0 Å². The van der Waals surface area contributed by atoms with Gasteiger partial charge in [-0.1, -0.05) is 30.3 Å². The third kappa shape index (κ3) is 8.12. The highest BCUT2D eigenvalue weighted by Gasteiger charge is 2.19. The summed E-state index contributed by atoms with van der Waals surface area (Å²) in [6.45, 7) is 3.76. The maximum Gasteiger partial charge on any atom is 0.208 e. The van der Waals surface area contributed by atoms with Gasteiger partial charge in [0.1, 0.15) is 0 Å². The smallest absolute Gasteiger partial charge is 0.208 e. The lowest BCUT2D eigenvalue weighted by Crippen LogP contribution is -2.35. The van der Waals surface area contributed by atoms with Crippen molar-refractivity contribution in [2.45, 2.75) is 38.5 Å². The van der Waals surface area contributed by atoms with Gasteiger partial charge < -0.3 is 4.90 Å². The second-order valence-electron chi connectivity index (χ2n) is 6.99. The third-order valence-electron chi connectivity index (χ3n) is 4.85. The lowest BCUT2D eigenvalue weighted by molar-refractivity contribution is 0.0976. The van der Waals surface area contributed by atoms with Gasteiger partial charge in [0.15, 0.2) is 5.78 Å². The molecule has 0 bridgehead atoms. The van der Waals surface area contributed by atoms with E-state index in [-0.39, 0.29) is 5.78 Å². The van der Waals surface area contributed by atoms with Crippen molar-refractivity contribution in [3.63, 3.8) is 0 Å². The maximum absolute atomic E-state index is 12.0. The van der Waals surface area contributed by atoms with Gasteiger partial charge in [0.05, 0.1) is 6.26 Å². The van der Waals surface area contributed by atoms with Crippen molar-refractivity contribution in [2.75, 3.05) is 32.4 Å². The van der Waals surface area contributed by atoms with Crippen LogP contribution in [0.1, 0.15) is 48.9 Å². The van der Waals surface area contributed by atoms with Gasteiger partial charge >= 0.3 is 0 Å². The van der Waals surface area contributed by atoms with Crippen molar-refractivity contribution in [1.29, 1.82) is 0 Å². The molecule has 1 saturated heterocycles. The number of carbonyl (C=O) groups excluding carboxylic acids is 1. The molecule has 1 aromatic rings. The van der Waals surface area contributed by atoms with Crippen LogP contribution in [0.2, 0.25) is 0 Å². The Bertz CT molecular complexity index is 623. The molecule has 140 valence electrons. The number of piperidine rings is 1. The van der Waals surface area contributed by atoms with E-state index in [4.69, 9.17) is 0 Å². The van der Waals surface area contributed by atoms with Gasteiger partial charge in [0.2, 0.25) is 10.0 Å². The first kappa shape index (κ1) is 20.1. The SMILES string of the molecule is CS(=O)(=O)NCCC1CCN(CCCCC(=O)c2ccccc2)CC1. The first-order chi connectivity index (χ1) is 11.9. The number of nitrogens with one attached hydrogen (secondary N) is 1. The van der Waals surface area contributed by atoms with Crippen molar-refractivity contribution < 1.29 is 13.2 Å². The molecule has 1 N–H and O–H groups in total. The fourth-order valence-corrected chi connectivity index (χ4v) is 3.83. The Balaban J connectivity index is 1.54. The van der Waals surface area contributed by atoms with E-state index in [2.05, 4.69) is 9.62 Å². The topological polar surface area (TPSA) is 66.5 Å². The molecule has 2 rings (SSSR count). The van der Waals surface area contributed by atoms with Gasteiger partial charge in [0.25, 0.3) is 0 Å². The molecule has 0 amide bonds. The Kier molecular flexibility index (Phi) is 8.06. The number of rotatable bonds is 10. The molecule has 0 aliphatic carbocycles. The molecule has 6 heteroatoms. The molecule has 25 heavy (non-hydrogen) atoms. The van der Waals surface area contributed by atoms with Crippen LogP contribution in [-0.4, -0.2) is 51.5 Å². The highest BCUT2D eigenvalue weighted by atomic mass is 32.2. The predicted octanol–water partition coefficient (Wildman–Crippen LogP) is 2.69. The molecule has 0 aromatic heterocycles. The Morgan fingerprint density at radius 2 is 1.84 bits per heavy atom. The number of nitrogens with zero attached hydrogens (tertiary/aromatic N) is 1. The van der Waals surface area contributed by atoms with E-state index in [1.54, 1.807) is 0 Å². The summed E-state index contributed by atoms with van der Waals surface area (Å²) in [5.74, 6) is 0.850. The minimum Gasteiger partial charge on any atom is -0.303 e.